The molecule has 0 radical (unpaired) electrons. The van der Waals surface area contributed by atoms with Gasteiger partial charge in [-0.3, -0.25) is 4.79 Å². The van der Waals surface area contributed by atoms with Gasteiger partial charge in [0.2, 0.25) is 5.91 Å². The number of carbonyl (C=O) groups is 1. The second-order valence-electron chi connectivity index (χ2n) is 6.87. The van der Waals surface area contributed by atoms with Crippen LogP contribution in [0.25, 0.3) is 0 Å². The van der Waals surface area contributed by atoms with Crippen LogP contribution in [0.4, 0.5) is 0 Å². The van der Waals surface area contributed by atoms with Gasteiger partial charge in [-0.05, 0) is 38.3 Å². The number of hydrogen-bond donors (Lipinski definition) is 1. The highest BCUT2D eigenvalue weighted by Crippen LogP contribution is 2.23. The normalized spacial score (nSPS) is 20.3. The molecule has 0 aromatic rings. The van der Waals surface area contributed by atoms with Gasteiger partial charge in [0, 0.05) is 19.6 Å². The van der Waals surface area contributed by atoms with Crippen LogP contribution in [0.5, 0.6) is 0 Å². The standard InChI is InChI=1S/C14H29N3O/c1-14(2,3)12(15)13(18)17-8-6-11(7-9-17)10-16(4)5/h11-12H,6-10,15H2,1-5H3/t12-/m0/s1. The monoisotopic (exact) mass is 255 g/mol. The summed E-state index contributed by atoms with van der Waals surface area (Å²) in [6.07, 6.45) is 2.20. The molecule has 1 atom stereocenters. The summed E-state index contributed by atoms with van der Waals surface area (Å²) >= 11 is 0. The Hall–Kier alpha value is -0.610. The molecule has 1 aliphatic rings. The second kappa shape index (κ2) is 6.02. The van der Waals surface area contributed by atoms with Gasteiger partial charge in [-0.15, -0.1) is 0 Å². The van der Waals surface area contributed by atoms with E-state index in [1.54, 1.807) is 0 Å². The number of hydrogen-bond acceptors (Lipinski definition) is 3. The smallest absolute Gasteiger partial charge is 0.240 e. The number of nitrogens with two attached hydrogens (primary N) is 1. The van der Waals surface area contributed by atoms with Crippen molar-refractivity contribution < 1.29 is 4.79 Å². The molecule has 0 unspecified atom stereocenters. The van der Waals surface area contributed by atoms with Crippen molar-refractivity contribution in [3.8, 4) is 0 Å². The highest BCUT2D eigenvalue weighted by molar-refractivity contribution is 5.82. The summed E-state index contributed by atoms with van der Waals surface area (Å²) in [5, 5.41) is 0. The van der Waals surface area contributed by atoms with E-state index in [4.69, 9.17) is 5.73 Å². The van der Waals surface area contributed by atoms with E-state index in [0.717, 1.165) is 38.4 Å². The van der Waals surface area contributed by atoms with Crippen molar-refractivity contribution in [2.75, 3.05) is 33.7 Å². The van der Waals surface area contributed by atoms with E-state index in [9.17, 15) is 4.79 Å². The van der Waals surface area contributed by atoms with Gasteiger partial charge in [0.15, 0.2) is 0 Å². The molecule has 0 aromatic carbocycles. The first-order valence-electron chi connectivity index (χ1n) is 6.91. The number of piperidine rings is 1. The summed E-state index contributed by atoms with van der Waals surface area (Å²) in [7, 11) is 4.21. The Morgan fingerprint density at radius 3 is 2.22 bits per heavy atom. The highest BCUT2D eigenvalue weighted by atomic mass is 16.2. The minimum absolute atomic E-state index is 0.116. The van der Waals surface area contributed by atoms with Crippen LogP contribution in [0.3, 0.4) is 0 Å². The Labute approximate surface area is 111 Å². The summed E-state index contributed by atoms with van der Waals surface area (Å²) in [5.41, 5.74) is 5.89. The summed E-state index contributed by atoms with van der Waals surface area (Å²) < 4.78 is 0. The lowest BCUT2D eigenvalue weighted by Gasteiger charge is -2.37. The van der Waals surface area contributed by atoms with Crippen LogP contribution in [0.15, 0.2) is 0 Å². The van der Waals surface area contributed by atoms with Gasteiger partial charge in [0.25, 0.3) is 0 Å². The fraction of sp³-hybridized carbons (Fsp3) is 0.929. The van der Waals surface area contributed by atoms with E-state index in [0.29, 0.717) is 0 Å². The zero-order valence-electron chi connectivity index (χ0n) is 12.6. The first kappa shape index (κ1) is 15.4. The Morgan fingerprint density at radius 1 is 1.33 bits per heavy atom. The summed E-state index contributed by atoms with van der Waals surface area (Å²) in [6.45, 7) is 8.91. The van der Waals surface area contributed by atoms with Gasteiger partial charge < -0.3 is 15.5 Å². The van der Waals surface area contributed by atoms with Crippen LogP contribution in [0.1, 0.15) is 33.6 Å². The molecule has 1 amide bonds. The van der Waals surface area contributed by atoms with Crippen LogP contribution in [0.2, 0.25) is 0 Å². The first-order valence-corrected chi connectivity index (χ1v) is 6.91. The van der Waals surface area contributed by atoms with E-state index in [-0.39, 0.29) is 17.4 Å². The van der Waals surface area contributed by atoms with Gasteiger partial charge in [0.05, 0.1) is 6.04 Å². The summed E-state index contributed by atoms with van der Waals surface area (Å²) in [5.74, 6) is 0.834. The van der Waals surface area contributed by atoms with Crippen molar-refractivity contribution >= 4 is 5.91 Å². The zero-order valence-corrected chi connectivity index (χ0v) is 12.6. The molecular formula is C14H29N3O. The SMILES string of the molecule is CN(C)CC1CCN(C(=O)[C@H](N)C(C)(C)C)CC1. The topological polar surface area (TPSA) is 49.6 Å². The van der Waals surface area contributed by atoms with Gasteiger partial charge in [-0.2, -0.15) is 0 Å². The molecule has 4 heteroatoms. The fourth-order valence-corrected chi connectivity index (χ4v) is 2.42. The molecule has 0 spiro atoms. The largest absolute Gasteiger partial charge is 0.341 e. The molecule has 0 bridgehead atoms. The van der Waals surface area contributed by atoms with Crippen LogP contribution in [0, 0.1) is 11.3 Å². The van der Waals surface area contributed by atoms with E-state index in [1.165, 1.54) is 0 Å². The van der Waals surface area contributed by atoms with E-state index < -0.39 is 0 Å². The van der Waals surface area contributed by atoms with Gasteiger partial charge in [0.1, 0.15) is 0 Å². The second-order valence-corrected chi connectivity index (χ2v) is 6.87. The lowest BCUT2D eigenvalue weighted by molar-refractivity contribution is -0.136. The third kappa shape index (κ3) is 4.25. The minimum atomic E-state index is -0.386. The molecule has 4 nitrogen and oxygen atoms in total. The molecule has 1 fully saturated rings. The average Bonchev–Trinajstić information content (AvgIpc) is 2.26. The lowest BCUT2D eigenvalue weighted by Crippen LogP contribution is -2.52. The molecule has 1 heterocycles. The summed E-state index contributed by atoms with van der Waals surface area (Å²) in [6, 6.07) is -0.386. The van der Waals surface area contributed by atoms with Crippen molar-refractivity contribution in [2.45, 2.75) is 39.7 Å². The third-order valence-corrected chi connectivity index (χ3v) is 3.75. The molecule has 1 aliphatic heterocycles. The molecule has 0 aromatic heterocycles. The molecule has 106 valence electrons. The number of nitrogens with zero attached hydrogens (tertiary/aromatic N) is 2. The predicted octanol–water partition coefficient (Wildman–Crippen LogP) is 1.16. The number of rotatable bonds is 3. The van der Waals surface area contributed by atoms with E-state index in [2.05, 4.69) is 19.0 Å². The molecule has 0 aliphatic carbocycles. The summed E-state index contributed by atoms with van der Waals surface area (Å²) in [4.78, 5) is 16.4. The van der Waals surface area contributed by atoms with Crippen molar-refractivity contribution in [3.63, 3.8) is 0 Å². The zero-order chi connectivity index (χ0) is 13.9. The average molecular weight is 255 g/mol. The Bertz CT molecular complexity index is 275. The predicted molar refractivity (Wildman–Crippen MR) is 75.3 cm³/mol. The number of carbonyl (C=O) groups excluding carboxylic acids is 1. The number of likely N-dealkylation sites (tertiary alicyclic amines) is 1. The molecule has 2 N–H and O–H groups in total. The maximum Gasteiger partial charge on any atom is 0.240 e. The molecule has 0 saturated carbocycles. The van der Waals surface area contributed by atoms with Crippen LogP contribution < -0.4 is 5.73 Å². The number of amides is 1. The van der Waals surface area contributed by atoms with E-state index in [1.807, 2.05) is 25.7 Å². The molecule has 1 saturated heterocycles. The first-order chi connectivity index (χ1) is 8.21. The fourth-order valence-electron chi connectivity index (χ4n) is 2.42. The Balaban J connectivity index is 2.45. The Morgan fingerprint density at radius 2 is 1.83 bits per heavy atom. The molecular weight excluding hydrogens is 226 g/mol. The maximum atomic E-state index is 12.3. The quantitative estimate of drug-likeness (QED) is 0.823. The molecule has 1 rings (SSSR count). The van der Waals surface area contributed by atoms with Crippen molar-refractivity contribution in [1.82, 2.24) is 9.80 Å². The van der Waals surface area contributed by atoms with Crippen LogP contribution in [-0.2, 0) is 4.79 Å². The third-order valence-electron chi connectivity index (χ3n) is 3.75. The van der Waals surface area contributed by atoms with Crippen molar-refractivity contribution in [1.29, 1.82) is 0 Å². The van der Waals surface area contributed by atoms with Crippen molar-refractivity contribution in [2.24, 2.45) is 17.1 Å². The van der Waals surface area contributed by atoms with Gasteiger partial charge in [-0.25, -0.2) is 0 Å². The van der Waals surface area contributed by atoms with Crippen LogP contribution >= 0.6 is 0 Å². The van der Waals surface area contributed by atoms with Crippen LogP contribution in [-0.4, -0.2) is 55.5 Å². The minimum Gasteiger partial charge on any atom is -0.341 e. The Kier molecular flexibility index (Phi) is 5.17. The highest BCUT2D eigenvalue weighted by Gasteiger charge is 2.32. The maximum absolute atomic E-state index is 12.3. The lowest BCUT2D eigenvalue weighted by atomic mass is 9.86. The van der Waals surface area contributed by atoms with Crippen molar-refractivity contribution in [3.05, 3.63) is 0 Å². The van der Waals surface area contributed by atoms with Gasteiger partial charge >= 0.3 is 0 Å². The molecule has 18 heavy (non-hydrogen) atoms. The van der Waals surface area contributed by atoms with E-state index >= 15 is 0 Å². The van der Waals surface area contributed by atoms with Gasteiger partial charge in [-0.1, -0.05) is 20.8 Å².